The van der Waals surface area contributed by atoms with E-state index in [9.17, 15) is 0 Å². The van der Waals surface area contributed by atoms with Gasteiger partial charge >= 0.3 is 0 Å². The molecule has 1 aromatic carbocycles. The second-order valence-corrected chi connectivity index (χ2v) is 5.36. The number of fused-ring (bicyclic) bond motifs is 1. The maximum absolute atomic E-state index is 5.76. The summed E-state index contributed by atoms with van der Waals surface area (Å²) >= 11 is 0. The number of imidazole rings is 1. The number of hydrogen-bond donors (Lipinski definition) is 1. The molecule has 0 amide bonds. The smallest absolute Gasteiger partial charge is 0.122 e. The maximum Gasteiger partial charge on any atom is 0.122 e. The summed E-state index contributed by atoms with van der Waals surface area (Å²) in [5.41, 5.74) is 6.71. The van der Waals surface area contributed by atoms with Gasteiger partial charge in [-0.15, -0.1) is 0 Å². The van der Waals surface area contributed by atoms with Gasteiger partial charge in [0.15, 0.2) is 0 Å². The predicted octanol–water partition coefficient (Wildman–Crippen LogP) is 1.63. The third-order valence-corrected chi connectivity index (χ3v) is 3.87. The van der Waals surface area contributed by atoms with Gasteiger partial charge in [0, 0.05) is 38.6 Å². The third-order valence-electron chi connectivity index (χ3n) is 3.87. The van der Waals surface area contributed by atoms with Crippen LogP contribution in [0.5, 0.6) is 5.75 Å². The molecule has 112 valence electrons. The molecular formula is C16H22N4O. The molecule has 0 unspecified atom stereocenters. The molecule has 2 N–H and O–H groups in total. The molecule has 0 spiro atoms. The normalized spacial score (nSPS) is 14.9. The standard InChI is InChI=1S/C16H22N4O/c17-12-14-2-4-15(5-3-14)21-11-1-7-19-9-10-20-8-6-18-16(20)13-19/h2-6,8H,1,7,9-13,17H2. The fourth-order valence-corrected chi connectivity index (χ4v) is 2.61. The largest absolute Gasteiger partial charge is 0.494 e. The van der Waals surface area contributed by atoms with Crippen molar-refractivity contribution in [2.45, 2.75) is 26.1 Å². The number of rotatable bonds is 6. The van der Waals surface area contributed by atoms with Crippen LogP contribution in [0.3, 0.4) is 0 Å². The van der Waals surface area contributed by atoms with Crippen molar-refractivity contribution in [2.75, 3.05) is 19.7 Å². The van der Waals surface area contributed by atoms with Gasteiger partial charge in [-0.25, -0.2) is 4.98 Å². The molecule has 5 heteroatoms. The summed E-state index contributed by atoms with van der Waals surface area (Å²) in [6, 6.07) is 8.00. The first kappa shape index (κ1) is 14.1. The molecule has 0 saturated carbocycles. The number of aromatic nitrogens is 2. The first-order valence-electron chi connectivity index (χ1n) is 7.49. The van der Waals surface area contributed by atoms with Crippen molar-refractivity contribution in [3.8, 4) is 5.75 Å². The Morgan fingerprint density at radius 2 is 2.05 bits per heavy atom. The lowest BCUT2D eigenvalue weighted by Crippen LogP contribution is -2.34. The van der Waals surface area contributed by atoms with Crippen molar-refractivity contribution in [2.24, 2.45) is 5.73 Å². The van der Waals surface area contributed by atoms with Crippen LogP contribution in [0.15, 0.2) is 36.7 Å². The highest BCUT2D eigenvalue weighted by atomic mass is 16.5. The highest BCUT2D eigenvalue weighted by molar-refractivity contribution is 5.27. The van der Waals surface area contributed by atoms with Gasteiger partial charge < -0.3 is 15.0 Å². The molecule has 1 aliphatic rings. The quantitative estimate of drug-likeness (QED) is 0.820. The Hall–Kier alpha value is -1.85. The van der Waals surface area contributed by atoms with Gasteiger partial charge in [-0.1, -0.05) is 12.1 Å². The van der Waals surface area contributed by atoms with Gasteiger partial charge in [0.1, 0.15) is 11.6 Å². The number of hydrogen-bond acceptors (Lipinski definition) is 4. The summed E-state index contributed by atoms with van der Waals surface area (Å²) in [6.45, 7) is 5.44. The first-order chi connectivity index (χ1) is 10.3. The van der Waals surface area contributed by atoms with Crippen molar-refractivity contribution >= 4 is 0 Å². The van der Waals surface area contributed by atoms with Crippen LogP contribution in [0.4, 0.5) is 0 Å². The van der Waals surface area contributed by atoms with Gasteiger partial charge in [0.05, 0.1) is 13.2 Å². The highest BCUT2D eigenvalue weighted by Crippen LogP contribution is 2.13. The Balaban J connectivity index is 1.38. The van der Waals surface area contributed by atoms with Crippen LogP contribution < -0.4 is 10.5 Å². The summed E-state index contributed by atoms with van der Waals surface area (Å²) in [5, 5.41) is 0. The average molecular weight is 286 g/mol. The summed E-state index contributed by atoms with van der Waals surface area (Å²) in [5.74, 6) is 2.08. The van der Waals surface area contributed by atoms with E-state index in [2.05, 4.69) is 20.6 Å². The van der Waals surface area contributed by atoms with Crippen molar-refractivity contribution in [1.29, 1.82) is 0 Å². The van der Waals surface area contributed by atoms with Gasteiger partial charge in [-0.05, 0) is 24.1 Å². The minimum Gasteiger partial charge on any atom is -0.494 e. The Labute approximate surface area is 125 Å². The van der Waals surface area contributed by atoms with Crippen LogP contribution in [0, 0.1) is 0 Å². The summed E-state index contributed by atoms with van der Waals surface area (Å²) in [7, 11) is 0. The molecule has 21 heavy (non-hydrogen) atoms. The van der Waals surface area contributed by atoms with Crippen molar-refractivity contribution in [3.05, 3.63) is 48.0 Å². The molecule has 0 saturated heterocycles. The summed E-state index contributed by atoms with van der Waals surface area (Å²) < 4.78 is 7.99. The molecular weight excluding hydrogens is 264 g/mol. The third kappa shape index (κ3) is 3.62. The molecule has 3 rings (SSSR count). The second-order valence-electron chi connectivity index (χ2n) is 5.36. The Morgan fingerprint density at radius 3 is 2.86 bits per heavy atom. The van der Waals surface area contributed by atoms with E-state index < -0.39 is 0 Å². The van der Waals surface area contributed by atoms with Gasteiger partial charge in [-0.3, -0.25) is 4.90 Å². The summed E-state index contributed by atoms with van der Waals surface area (Å²) in [4.78, 5) is 6.81. The molecule has 0 bridgehead atoms. The second kappa shape index (κ2) is 6.74. The van der Waals surface area contributed by atoms with E-state index >= 15 is 0 Å². The molecule has 0 atom stereocenters. The molecule has 0 aliphatic carbocycles. The van der Waals surface area contributed by atoms with Crippen molar-refractivity contribution in [3.63, 3.8) is 0 Å². The minimum absolute atomic E-state index is 0.574. The number of nitrogens with zero attached hydrogens (tertiary/aromatic N) is 3. The average Bonchev–Trinajstić information content (AvgIpc) is 3.00. The topological polar surface area (TPSA) is 56.3 Å². The zero-order chi connectivity index (χ0) is 14.5. The van der Waals surface area contributed by atoms with Gasteiger partial charge in [0.2, 0.25) is 0 Å². The van der Waals surface area contributed by atoms with Crippen LogP contribution >= 0.6 is 0 Å². The molecule has 0 radical (unpaired) electrons. The number of benzene rings is 1. The highest BCUT2D eigenvalue weighted by Gasteiger charge is 2.15. The zero-order valence-corrected chi connectivity index (χ0v) is 12.2. The van der Waals surface area contributed by atoms with Crippen LogP contribution in [0.25, 0.3) is 0 Å². The number of ether oxygens (including phenoxy) is 1. The van der Waals surface area contributed by atoms with E-state index in [0.717, 1.165) is 50.5 Å². The van der Waals surface area contributed by atoms with E-state index in [1.807, 2.05) is 30.5 Å². The van der Waals surface area contributed by atoms with Crippen LogP contribution in [0.1, 0.15) is 17.8 Å². The van der Waals surface area contributed by atoms with Crippen LogP contribution in [0.2, 0.25) is 0 Å². The maximum atomic E-state index is 5.76. The van der Waals surface area contributed by atoms with E-state index in [-0.39, 0.29) is 0 Å². The molecule has 5 nitrogen and oxygen atoms in total. The molecule has 2 aromatic rings. The van der Waals surface area contributed by atoms with Gasteiger partial charge in [-0.2, -0.15) is 0 Å². The fraction of sp³-hybridized carbons (Fsp3) is 0.438. The molecule has 2 heterocycles. The molecule has 1 aliphatic heterocycles. The Bertz CT molecular complexity index is 564. The fourth-order valence-electron chi connectivity index (χ4n) is 2.61. The van der Waals surface area contributed by atoms with Gasteiger partial charge in [0.25, 0.3) is 0 Å². The Kier molecular flexibility index (Phi) is 4.52. The number of nitrogens with two attached hydrogens (primary N) is 1. The Morgan fingerprint density at radius 1 is 1.19 bits per heavy atom. The lowest BCUT2D eigenvalue weighted by Gasteiger charge is -2.27. The molecule has 0 fully saturated rings. The van der Waals surface area contributed by atoms with E-state index in [4.69, 9.17) is 10.5 Å². The van der Waals surface area contributed by atoms with Crippen molar-refractivity contribution in [1.82, 2.24) is 14.5 Å². The van der Waals surface area contributed by atoms with Crippen molar-refractivity contribution < 1.29 is 4.74 Å². The monoisotopic (exact) mass is 286 g/mol. The van der Waals surface area contributed by atoms with E-state index in [1.165, 1.54) is 5.82 Å². The lowest BCUT2D eigenvalue weighted by molar-refractivity contribution is 0.195. The first-order valence-corrected chi connectivity index (χ1v) is 7.49. The SMILES string of the molecule is NCc1ccc(OCCCN2CCn3ccnc3C2)cc1. The minimum atomic E-state index is 0.574. The predicted molar refractivity (Wildman–Crippen MR) is 81.9 cm³/mol. The van der Waals surface area contributed by atoms with E-state index in [0.29, 0.717) is 6.54 Å². The van der Waals surface area contributed by atoms with Crippen LogP contribution in [-0.2, 0) is 19.6 Å². The van der Waals surface area contributed by atoms with Crippen LogP contribution in [-0.4, -0.2) is 34.1 Å². The summed E-state index contributed by atoms with van der Waals surface area (Å²) in [6.07, 6.45) is 4.97. The lowest BCUT2D eigenvalue weighted by atomic mass is 10.2. The molecule has 1 aromatic heterocycles. The van der Waals surface area contributed by atoms with E-state index in [1.54, 1.807) is 0 Å². The zero-order valence-electron chi connectivity index (χ0n) is 12.2.